The smallest absolute Gasteiger partial charge is 0.420 e. The van der Waals surface area contributed by atoms with Crippen LogP contribution in [-0.2, 0) is 6.18 Å². The lowest BCUT2D eigenvalue weighted by molar-refractivity contribution is -0.138. The van der Waals surface area contributed by atoms with Gasteiger partial charge >= 0.3 is 12.2 Å². The average molecular weight is 431 g/mol. The van der Waals surface area contributed by atoms with Gasteiger partial charge in [-0.2, -0.15) is 13.2 Å². The minimum atomic E-state index is -4.68. The molecule has 11 heteroatoms. The molecule has 0 radical (unpaired) electrons. The predicted octanol–water partition coefficient (Wildman–Crippen LogP) is 5.09. The van der Waals surface area contributed by atoms with Gasteiger partial charge in [0, 0.05) is 11.8 Å². The number of aromatic nitrogens is 1. The molecule has 0 aliphatic heterocycles. The second-order valence-electron chi connectivity index (χ2n) is 6.13. The van der Waals surface area contributed by atoms with Crippen molar-refractivity contribution in [2.24, 2.45) is 0 Å². The Morgan fingerprint density at radius 1 is 1.28 bits per heavy atom. The van der Waals surface area contributed by atoms with E-state index in [9.17, 15) is 22.8 Å². The van der Waals surface area contributed by atoms with Crippen molar-refractivity contribution in [3.8, 4) is 5.75 Å². The van der Waals surface area contributed by atoms with Crippen LogP contribution in [0.4, 0.5) is 23.7 Å². The summed E-state index contributed by atoms with van der Waals surface area (Å²) in [5.74, 6) is -0.877. The van der Waals surface area contributed by atoms with Gasteiger partial charge < -0.3 is 14.6 Å². The van der Waals surface area contributed by atoms with Crippen LogP contribution in [0.3, 0.4) is 0 Å². The normalized spacial score (nSPS) is 11.2. The maximum atomic E-state index is 13.4. The maximum absolute atomic E-state index is 13.4. The van der Waals surface area contributed by atoms with Crippen molar-refractivity contribution >= 4 is 30.4 Å². The van der Waals surface area contributed by atoms with Crippen LogP contribution in [0.5, 0.6) is 5.75 Å². The van der Waals surface area contributed by atoms with E-state index in [1.807, 2.05) is 6.92 Å². The number of rotatable bonds is 7. The minimum Gasteiger partial charge on any atom is -0.493 e. The summed E-state index contributed by atoms with van der Waals surface area (Å²) >= 11 is 3.78. The number of amides is 3. The van der Waals surface area contributed by atoms with Gasteiger partial charge in [0.2, 0.25) is 0 Å². The van der Waals surface area contributed by atoms with E-state index in [1.54, 1.807) is 6.92 Å². The molecule has 0 saturated carbocycles. The number of hydrogen-bond donors (Lipinski definition) is 2. The van der Waals surface area contributed by atoms with E-state index in [2.05, 4.69) is 23.3 Å². The quantitative estimate of drug-likeness (QED) is 0.471. The van der Waals surface area contributed by atoms with E-state index in [-0.39, 0.29) is 23.7 Å². The van der Waals surface area contributed by atoms with Gasteiger partial charge in [-0.1, -0.05) is 37.7 Å². The third-order valence-electron chi connectivity index (χ3n) is 3.77. The van der Waals surface area contributed by atoms with Crippen LogP contribution in [0.15, 0.2) is 28.8 Å². The number of imide groups is 1. The number of nitrogens with one attached hydrogen (secondary N) is 1. The summed E-state index contributed by atoms with van der Waals surface area (Å²) < 4.78 is 50.5. The molecule has 1 aromatic heterocycles. The van der Waals surface area contributed by atoms with E-state index in [0.29, 0.717) is 16.5 Å². The highest BCUT2D eigenvalue weighted by Gasteiger charge is 2.35. The molecule has 3 amide bonds. The molecular formula is C18H20F3N3O4S. The molecule has 0 aliphatic carbocycles. The molecule has 1 N–H and O–H groups in total. The second kappa shape index (κ2) is 9.68. The number of urea groups is 1. The molecule has 0 saturated heterocycles. The molecule has 29 heavy (non-hydrogen) atoms. The Labute approximate surface area is 170 Å². The van der Waals surface area contributed by atoms with E-state index >= 15 is 0 Å². The fraction of sp³-hybridized carbons (Fsp3) is 0.389. The Morgan fingerprint density at radius 3 is 2.59 bits per heavy atom. The van der Waals surface area contributed by atoms with Crippen molar-refractivity contribution in [3.63, 3.8) is 0 Å². The number of carbonyl (C=O) groups is 2. The number of alkyl halides is 3. The highest BCUT2D eigenvalue weighted by atomic mass is 32.1. The standard InChI is InChI=1S/C18H20F3N3O4S/c1-3-4-5-8-27-15-7-6-12(10-13(15)18(19,20)21)22-17(26)24(29)16(25)14-9-11(2)28-23-14/h6-7,9-10,29H,3-5,8H2,1-2H3,(H,22,26). The highest BCUT2D eigenvalue weighted by Crippen LogP contribution is 2.38. The molecular weight excluding hydrogens is 411 g/mol. The second-order valence-corrected chi connectivity index (χ2v) is 6.53. The monoisotopic (exact) mass is 431 g/mol. The SMILES string of the molecule is CCCCCOc1ccc(NC(=O)N(S)C(=O)c2cc(C)on2)cc1C(F)(F)F. The zero-order chi connectivity index (χ0) is 21.6. The van der Waals surface area contributed by atoms with Gasteiger partial charge in [0.1, 0.15) is 11.5 Å². The number of ether oxygens (including phenoxy) is 1. The van der Waals surface area contributed by atoms with Crippen LogP contribution < -0.4 is 10.1 Å². The Bertz CT molecular complexity index is 870. The molecule has 0 spiro atoms. The van der Waals surface area contributed by atoms with Crippen molar-refractivity contribution in [1.82, 2.24) is 9.46 Å². The van der Waals surface area contributed by atoms with Crippen molar-refractivity contribution in [2.75, 3.05) is 11.9 Å². The molecule has 1 aromatic carbocycles. The van der Waals surface area contributed by atoms with Crippen molar-refractivity contribution < 1.29 is 32.0 Å². The number of thiol groups is 1. The third-order valence-corrected chi connectivity index (χ3v) is 4.14. The number of halogens is 3. The Hall–Kier alpha value is -2.69. The van der Waals surface area contributed by atoms with Gasteiger partial charge in [0.05, 0.1) is 12.2 Å². The van der Waals surface area contributed by atoms with E-state index in [4.69, 9.17) is 9.26 Å². The van der Waals surface area contributed by atoms with Crippen LogP contribution in [0.2, 0.25) is 0 Å². The lowest BCUT2D eigenvalue weighted by Gasteiger charge is -2.17. The molecule has 2 rings (SSSR count). The topological polar surface area (TPSA) is 84.7 Å². The summed E-state index contributed by atoms with van der Waals surface area (Å²) in [5, 5.41) is 5.66. The van der Waals surface area contributed by atoms with Crippen LogP contribution in [0.25, 0.3) is 0 Å². The number of aryl methyl sites for hydroxylation is 1. The predicted molar refractivity (Wildman–Crippen MR) is 102 cm³/mol. The van der Waals surface area contributed by atoms with E-state index < -0.39 is 23.7 Å². The lowest BCUT2D eigenvalue weighted by Crippen LogP contribution is -2.32. The molecule has 0 fully saturated rings. The van der Waals surface area contributed by atoms with Crippen LogP contribution in [-0.4, -0.2) is 28.0 Å². The summed E-state index contributed by atoms with van der Waals surface area (Å²) in [6.07, 6.45) is -2.31. The Kier molecular flexibility index (Phi) is 7.54. The first-order valence-electron chi connectivity index (χ1n) is 8.75. The van der Waals surface area contributed by atoms with Crippen LogP contribution >= 0.6 is 12.8 Å². The van der Waals surface area contributed by atoms with Gasteiger partial charge in [0.25, 0.3) is 5.91 Å². The fourth-order valence-electron chi connectivity index (χ4n) is 2.33. The lowest BCUT2D eigenvalue weighted by atomic mass is 10.1. The molecule has 0 aliphatic rings. The van der Waals surface area contributed by atoms with Crippen molar-refractivity contribution in [2.45, 2.75) is 39.3 Å². The first kappa shape index (κ1) is 22.6. The molecule has 0 unspecified atom stereocenters. The molecule has 0 atom stereocenters. The summed E-state index contributed by atoms with van der Waals surface area (Å²) in [6.45, 7) is 3.67. The summed E-state index contributed by atoms with van der Waals surface area (Å²) in [7, 11) is 0. The van der Waals surface area contributed by atoms with Gasteiger partial charge in [-0.05, 0) is 31.5 Å². The summed E-state index contributed by atoms with van der Waals surface area (Å²) in [5.41, 5.74) is -1.37. The zero-order valence-electron chi connectivity index (χ0n) is 15.7. The zero-order valence-corrected chi connectivity index (χ0v) is 16.6. The number of hydrogen-bond acceptors (Lipinski definition) is 6. The van der Waals surface area contributed by atoms with E-state index in [1.165, 1.54) is 12.1 Å². The molecule has 7 nitrogen and oxygen atoms in total. The first-order chi connectivity index (χ1) is 13.6. The van der Waals surface area contributed by atoms with Gasteiger partial charge in [0.15, 0.2) is 5.69 Å². The Morgan fingerprint density at radius 2 is 2.00 bits per heavy atom. The highest BCUT2D eigenvalue weighted by molar-refractivity contribution is 7.79. The fourth-order valence-corrected chi connectivity index (χ4v) is 2.49. The number of carbonyl (C=O) groups excluding carboxylic acids is 2. The Balaban J connectivity index is 2.13. The van der Waals surface area contributed by atoms with Crippen molar-refractivity contribution in [3.05, 3.63) is 41.3 Å². The van der Waals surface area contributed by atoms with Gasteiger partial charge in [-0.25, -0.2) is 9.10 Å². The van der Waals surface area contributed by atoms with Crippen molar-refractivity contribution in [1.29, 1.82) is 0 Å². The van der Waals surface area contributed by atoms with Crippen LogP contribution in [0.1, 0.15) is 48.0 Å². The molecule has 0 bridgehead atoms. The summed E-state index contributed by atoms with van der Waals surface area (Å²) in [6, 6.07) is 3.35. The number of nitrogens with zero attached hydrogens (tertiary/aromatic N) is 2. The van der Waals surface area contributed by atoms with Gasteiger partial charge in [-0.3, -0.25) is 4.79 Å². The largest absolute Gasteiger partial charge is 0.493 e. The van der Waals surface area contributed by atoms with Gasteiger partial charge in [-0.15, -0.1) is 0 Å². The average Bonchev–Trinajstić information content (AvgIpc) is 3.10. The van der Waals surface area contributed by atoms with E-state index in [0.717, 1.165) is 25.0 Å². The third kappa shape index (κ3) is 6.14. The number of anilines is 1. The molecule has 158 valence electrons. The minimum absolute atomic E-state index is 0.151. The number of benzene rings is 1. The maximum Gasteiger partial charge on any atom is 0.420 e. The molecule has 1 heterocycles. The molecule has 2 aromatic rings. The first-order valence-corrected chi connectivity index (χ1v) is 9.15. The summed E-state index contributed by atoms with van der Waals surface area (Å²) in [4.78, 5) is 24.3. The van der Waals surface area contributed by atoms with Crippen LogP contribution in [0, 0.1) is 6.92 Å². The number of unbranched alkanes of at least 4 members (excludes halogenated alkanes) is 2.